The summed E-state index contributed by atoms with van der Waals surface area (Å²) < 4.78 is 0. The Morgan fingerprint density at radius 1 is 1.47 bits per heavy atom. The number of aryl methyl sites for hydroxylation is 1. The molecule has 0 spiro atoms. The van der Waals surface area contributed by atoms with Crippen LogP contribution in [-0.4, -0.2) is 16.5 Å². The summed E-state index contributed by atoms with van der Waals surface area (Å²) in [5, 5.41) is 4.74. The summed E-state index contributed by atoms with van der Waals surface area (Å²) in [6, 6.07) is 0. The van der Waals surface area contributed by atoms with Gasteiger partial charge in [0, 0.05) is 16.8 Å². The molecule has 0 saturated heterocycles. The van der Waals surface area contributed by atoms with Gasteiger partial charge in [-0.2, -0.15) is 0 Å². The highest BCUT2D eigenvalue weighted by Gasteiger charge is 2.18. The van der Waals surface area contributed by atoms with Crippen LogP contribution in [0.25, 0.3) is 10.2 Å². The maximum absolute atomic E-state index is 4.38. The van der Waals surface area contributed by atoms with E-state index in [1.165, 1.54) is 21.5 Å². The zero-order valence-corrected chi connectivity index (χ0v) is 9.52. The number of thiophene rings is 1. The van der Waals surface area contributed by atoms with Gasteiger partial charge in [-0.25, -0.2) is 9.97 Å². The standard InChI is InChI=1S/C11H13N3S/c1-2-8-10-7-3-4-12-5-9(7)15-11(10)14-6-13-8/h6,12H,2-5H2,1H3. The Bertz CT molecular complexity index is 504. The van der Waals surface area contributed by atoms with Crippen LogP contribution in [0.5, 0.6) is 0 Å². The van der Waals surface area contributed by atoms with Gasteiger partial charge in [-0.1, -0.05) is 6.92 Å². The van der Waals surface area contributed by atoms with E-state index in [1.807, 2.05) is 11.3 Å². The van der Waals surface area contributed by atoms with Crippen molar-refractivity contribution in [2.75, 3.05) is 6.54 Å². The van der Waals surface area contributed by atoms with Crippen LogP contribution in [0.2, 0.25) is 0 Å². The number of hydrogen-bond acceptors (Lipinski definition) is 4. The van der Waals surface area contributed by atoms with Crippen LogP contribution in [-0.2, 0) is 19.4 Å². The number of rotatable bonds is 1. The molecule has 0 bridgehead atoms. The van der Waals surface area contributed by atoms with Crippen molar-refractivity contribution in [2.24, 2.45) is 0 Å². The van der Waals surface area contributed by atoms with Crippen LogP contribution < -0.4 is 5.32 Å². The van der Waals surface area contributed by atoms with Crippen molar-refractivity contribution in [1.82, 2.24) is 15.3 Å². The molecule has 0 saturated carbocycles. The molecule has 2 aromatic rings. The molecule has 0 amide bonds. The molecule has 1 aliphatic heterocycles. The van der Waals surface area contributed by atoms with Crippen molar-refractivity contribution in [2.45, 2.75) is 26.3 Å². The minimum absolute atomic E-state index is 0.996. The Balaban J connectivity index is 2.33. The summed E-state index contributed by atoms with van der Waals surface area (Å²) in [5.41, 5.74) is 2.70. The van der Waals surface area contributed by atoms with E-state index in [4.69, 9.17) is 0 Å². The first-order valence-corrected chi connectivity index (χ1v) is 6.16. The van der Waals surface area contributed by atoms with Gasteiger partial charge in [0.15, 0.2) is 0 Å². The molecule has 0 unspecified atom stereocenters. The summed E-state index contributed by atoms with van der Waals surface area (Å²) in [6.07, 6.45) is 3.81. The summed E-state index contributed by atoms with van der Waals surface area (Å²) in [7, 11) is 0. The molecule has 0 fully saturated rings. The van der Waals surface area contributed by atoms with E-state index in [2.05, 4.69) is 22.2 Å². The van der Waals surface area contributed by atoms with Crippen LogP contribution in [0.3, 0.4) is 0 Å². The van der Waals surface area contributed by atoms with Crippen molar-refractivity contribution >= 4 is 21.6 Å². The third-order valence-corrected chi connectivity index (χ3v) is 4.06. The van der Waals surface area contributed by atoms with Gasteiger partial charge < -0.3 is 5.32 Å². The molecule has 1 aliphatic rings. The molecule has 15 heavy (non-hydrogen) atoms. The predicted octanol–water partition coefficient (Wildman–Crippen LogP) is 1.90. The van der Waals surface area contributed by atoms with Crippen molar-refractivity contribution < 1.29 is 0 Å². The largest absolute Gasteiger partial charge is 0.312 e. The molecule has 0 aromatic carbocycles. The monoisotopic (exact) mass is 219 g/mol. The first kappa shape index (κ1) is 9.24. The molecule has 0 radical (unpaired) electrons. The lowest BCUT2D eigenvalue weighted by molar-refractivity contribution is 0.657. The number of nitrogens with zero attached hydrogens (tertiary/aromatic N) is 2. The summed E-state index contributed by atoms with van der Waals surface area (Å²) in [6.45, 7) is 4.24. The van der Waals surface area contributed by atoms with Crippen molar-refractivity contribution in [3.63, 3.8) is 0 Å². The van der Waals surface area contributed by atoms with Gasteiger partial charge >= 0.3 is 0 Å². The highest BCUT2D eigenvalue weighted by molar-refractivity contribution is 7.18. The molecule has 0 aliphatic carbocycles. The van der Waals surface area contributed by atoms with Gasteiger partial charge in [-0.15, -0.1) is 11.3 Å². The van der Waals surface area contributed by atoms with Crippen LogP contribution >= 0.6 is 11.3 Å². The lowest BCUT2D eigenvalue weighted by Crippen LogP contribution is -2.22. The molecule has 3 rings (SSSR count). The van der Waals surface area contributed by atoms with Crippen molar-refractivity contribution in [3.8, 4) is 0 Å². The van der Waals surface area contributed by atoms with Crippen LogP contribution in [0.4, 0.5) is 0 Å². The minimum Gasteiger partial charge on any atom is -0.312 e. The quantitative estimate of drug-likeness (QED) is 0.796. The lowest BCUT2D eigenvalue weighted by atomic mass is 10.0. The topological polar surface area (TPSA) is 37.8 Å². The highest BCUT2D eigenvalue weighted by atomic mass is 32.1. The molecule has 2 aromatic heterocycles. The fourth-order valence-corrected chi connectivity index (χ4v) is 3.37. The fraction of sp³-hybridized carbons (Fsp3) is 0.455. The number of hydrogen-bond donors (Lipinski definition) is 1. The van der Waals surface area contributed by atoms with Gasteiger partial charge in [0.25, 0.3) is 0 Å². The van der Waals surface area contributed by atoms with E-state index >= 15 is 0 Å². The maximum atomic E-state index is 4.38. The summed E-state index contributed by atoms with van der Waals surface area (Å²) in [4.78, 5) is 11.4. The van der Waals surface area contributed by atoms with E-state index in [0.717, 1.165) is 30.8 Å². The number of fused-ring (bicyclic) bond motifs is 3. The lowest BCUT2D eigenvalue weighted by Gasteiger charge is -2.12. The van der Waals surface area contributed by atoms with Gasteiger partial charge in [0.05, 0.1) is 5.69 Å². The minimum atomic E-state index is 0.996. The molecule has 78 valence electrons. The van der Waals surface area contributed by atoms with Crippen LogP contribution in [0.15, 0.2) is 6.33 Å². The van der Waals surface area contributed by atoms with E-state index in [9.17, 15) is 0 Å². The Morgan fingerprint density at radius 2 is 2.40 bits per heavy atom. The maximum Gasteiger partial charge on any atom is 0.127 e. The average molecular weight is 219 g/mol. The second-order valence-electron chi connectivity index (χ2n) is 3.78. The molecule has 4 heteroatoms. The molecule has 3 nitrogen and oxygen atoms in total. The number of aromatic nitrogens is 2. The van der Waals surface area contributed by atoms with E-state index in [1.54, 1.807) is 6.33 Å². The van der Waals surface area contributed by atoms with Crippen molar-refractivity contribution in [1.29, 1.82) is 0 Å². The average Bonchev–Trinajstić information content (AvgIpc) is 2.67. The Kier molecular flexibility index (Phi) is 2.18. The first-order chi connectivity index (χ1) is 7.40. The Morgan fingerprint density at radius 3 is 3.27 bits per heavy atom. The molecule has 0 atom stereocenters. The van der Waals surface area contributed by atoms with E-state index in [-0.39, 0.29) is 0 Å². The summed E-state index contributed by atoms with van der Waals surface area (Å²) in [5.74, 6) is 0. The fourth-order valence-electron chi connectivity index (χ4n) is 2.19. The van der Waals surface area contributed by atoms with Gasteiger partial charge in [0.2, 0.25) is 0 Å². The normalized spacial score (nSPS) is 15.5. The van der Waals surface area contributed by atoms with Gasteiger partial charge in [-0.05, 0) is 24.9 Å². The zero-order chi connectivity index (χ0) is 10.3. The Labute approximate surface area is 92.6 Å². The molecule has 1 N–H and O–H groups in total. The molecular formula is C11H13N3S. The predicted molar refractivity (Wildman–Crippen MR) is 62.2 cm³/mol. The second-order valence-corrected chi connectivity index (χ2v) is 4.87. The smallest absolute Gasteiger partial charge is 0.127 e. The highest BCUT2D eigenvalue weighted by Crippen LogP contribution is 2.33. The third kappa shape index (κ3) is 1.36. The number of nitrogens with one attached hydrogen (secondary N) is 1. The Hall–Kier alpha value is -1.00. The summed E-state index contributed by atoms with van der Waals surface area (Å²) >= 11 is 1.82. The van der Waals surface area contributed by atoms with Gasteiger partial charge in [0.1, 0.15) is 11.2 Å². The van der Waals surface area contributed by atoms with Crippen LogP contribution in [0, 0.1) is 0 Å². The van der Waals surface area contributed by atoms with E-state index < -0.39 is 0 Å². The van der Waals surface area contributed by atoms with Gasteiger partial charge in [-0.3, -0.25) is 0 Å². The molecule has 3 heterocycles. The second kappa shape index (κ2) is 3.54. The third-order valence-electron chi connectivity index (χ3n) is 2.92. The van der Waals surface area contributed by atoms with E-state index in [0.29, 0.717) is 0 Å². The molecular weight excluding hydrogens is 206 g/mol. The zero-order valence-electron chi connectivity index (χ0n) is 8.71. The van der Waals surface area contributed by atoms with Crippen molar-refractivity contribution in [3.05, 3.63) is 22.5 Å². The SMILES string of the molecule is CCc1ncnc2sc3c(c12)CCNC3. The first-order valence-electron chi connectivity index (χ1n) is 5.35. The van der Waals surface area contributed by atoms with Crippen LogP contribution in [0.1, 0.15) is 23.1 Å².